The van der Waals surface area contributed by atoms with Gasteiger partial charge < -0.3 is 16.2 Å². The number of carbonyl (C=O) groups is 2. The Balaban J connectivity index is 2.29. The van der Waals surface area contributed by atoms with E-state index in [9.17, 15) is 9.59 Å². The summed E-state index contributed by atoms with van der Waals surface area (Å²) in [6.07, 6.45) is 0. The fraction of sp³-hybridized carbons (Fsp3) is 0. The van der Waals surface area contributed by atoms with Crippen molar-refractivity contribution >= 4 is 34.9 Å². The van der Waals surface area contributed by atoms with Crippen LogP contribution in [0.3, 0.4) is 0 Å². The van der Waals surface area contributed by atoms with E-state index in [2.05, 4.69) is 5.32 Å². The largest absolute Gasteiger partial charge is 0.478 e. The highest BCUT2D eigenvalue weighted by Crippen LogP contribution is 2.22. The molecule has 102 valence electrons. The minimum Gasteiger partial charge on any atom is -0.478 e. The van der Waals surface area contributed by atoms with Crippen LogP contribution in [0.15, 0.2) is 42.5 Å². The Labute approximate surface area is 120 Å². The first kappa shape index (κ1) is 13.9. The average Bonchev–Trinajstić information content (AvgIpc) is 2.39. The van der Waals surface area contributed by atoms with Gasteiger partial charge in [-0.3, -0.25) is 4.79 Å². The van der Waals surface area contributed by atoms with Crippen molar-refractivity contribution in [2.45, 2.75) is 0 Å². The van der Waals surface area contributed by atoms with Gasteiger partial charge in [0.2, 0.25) is 0 Å². The molecule has 0 radical (unpaired) electrons. The number of anilines is 2. The maximum atomic E-state index is 12.0. The molecular weight excluding hydrogens is 280 g/mol. The molecule has 2 aromatic carbocycles. The highest BCUT2D eigenvalue weighted by Gasteiger charge is 2.14. The third-order valence-corrected chi connectivity index (χ3v) is 2.87. The van der Waals surface area contributed by atoms with Gasteiger partial charge in [0.25, 0.3) is 5.91 Å². The Morgan fingerprint density at radius 2 is 1.75 bits per heavy atom. The molecule has 0 atom stereocenters. The minimum atomic E-state index is -1.14. The number of nitrogens with two attached hydrogens (primary N) is 1. The molecule has 0 heterocycles. The second kappa shape index (κ2) is 5.63. The lowest BCUT2D eigenvalue weighted by atomic mass is 10.1. The SMILES string of the molecule is Nc1ccc(C(=O)Nc2cc(Cl)ccc2C(=O)O)cc1. The van der Waals surface area contributed by atoms with E-state index in [-0.39, 0.29) is 11.3 Å². The summed E-state index contributed by atoms with van der Waals surface area (Å²) in [5, 5.41) is 11.9. The number of rotatable bonds is 3. The third-order valence-electron chi connectivity index (χ3n) is 2.63. The second-order valence-electron chi connectivity index (χ2n) is 4.07. The number of aromatic carboxylic acids is 1. The first-order valence-corrected chi connectivity index (χ1v) is 6.05. The number of carboxylic acids is 1. The van der Waals surface area contributed by atoms with Crippen LogP contribution in [0, 0.1) is 0 Å². The van der Waals surface area contributed by atoms with E-state index in [1.165, 1.54) is 18.2 Å². The molecule has 0 unspecified atom stereocenters. The molecule has 0 aromatic heterocycles. The van der Waals surface area contributed by atoms with Crippen molar-refractivity contribution < 1.29 is 14.7 Å². The number of nitrogens with one attached hydrogen (secondary N) is 1. The summed E-state index contributed by atoms with van der Waals surface area (Å²) in [6, 6.07) is 10.5. The first-order chi connectivity index (χ1) is 9.47. The molecule has 0 fully saturated rings. The van der Waals surface area contributed by atoms with Crippen LogP contribution in [0.1, 0.15) is 20.7 Å². The molecule has 5 nitrogen and oxygen atoms in total. The molecule has 2 aromatic rings. The molecule has 0 bridgehead atoms. The van der Waals surface area contributed by atoms with E-state index in [4.69, 9.17) is 22.4 Å². The molecule has 0 spiro atoms. The van der Waals surface area contributed by atoms with Crippen LogP contribution >= 0.6 is 11.6 Å². The summed E-state index contributed by atoms with van der Waals surface area (Å²) in [6.45, 7) is 0. The van der Waals surface area contributed by atoms with Gasteiger partial charge in [0.05, 0.1) is 11.3 Å². The molecule has 0 aliphatic rings. The van der Waals surface area contributed by atoms with E-state index >= 15 is 0 Å². The fourth-order valence-corrected chi connectivity index (χ4v) is 1.81. The number of nitrogen functional groups attached to an aromatic ring is 1. The van der Waals surface area contributed by atoms with Crippen LogP contribution in [0.5, 0.6) is 0 Å². The zero-order valence-corrected chi connectivity index (χ0v) is 11.0. The molecule has 0 aliphatic heterocycles. The molecule has 6 heteroatoms. The number of amides is 1. The van der Waals surface area contributed by atoms with Crippen molar-refractivity contribution in [1.82, 2.24) is 0 Å². The summed E-state index contributed by atoms with van der Waals surface area (Å²) >= 11 is 5.81. The Morgan fingerprint density at radius 1 is 1.10 bits per heavy atom. The van der Waals surface area contributed by atoms with Gasteiger partial charge in [-0.25, -0.2) is 4.79 Å². The monoisotopic (exact) mass is 290 g/mol. The lowest BCUT2D eigenvalue weighted by Gasteiger charge is -2.09. The lowest BCUT2D eigenvalue weighted by Crippen LogP contribution is -2.14. The van der Waals surface area contributed by atoms with Gasteiger partial charge in [-0.05, 0) is 42.5 Å². The Bertz CT molecular complexity index is 669. The van der Waals surface area contributed by atoms with E-state index < -0.39 is 11.9 Å². The second-order valence-corrected chi connectivity index (χ2v) is 4.51. The van der Waals surface area contributed by atoms with Crippen molar-refractivity contribution in [1.29, 1.82) is 0 Å². The van der Waals surface area contributed by atoms with Gasteiger partial charge in [-0.1, -0.05) is 11.6 Å². The van der Waals surface area contributed by atoms with Gasteiger partial charge in [0.1, 0.15) is 0 Å². The number of hydrogen-bond donors (Lipinski definition) is 3. The van der Waals surface area contributed by atoms with Gasteiger partial charge in [0.15, 0.2) is 0 Å². The van der Waals surface area contributed by atoms with Crippen molar-refractivity contribution in [3.63, 3.8) is 0 Å². The Hall–Kier alpha value is -2.53. The van der Waals surface area contributed by atoms with Crippen LogP contribution in [-0.4, -0.2) is 17.0 Å². The van der Waals surface area contributed by atoms with Gasteiger partial charge in [-0.15, -0.1) is 0 Å². The minimum absolute atomic E-state index is 0.0294. The van der Waals surface area contributed by atoms with Crippen LogP contribution in [0.2, 0.25) is 5.02 Å². The molecule has 2 rings (SSSR count). The Kier molecular flexibility index (Phi) is 3.91. The summed E-state index contributed by atoms with van der Waals surface area (Å²) in [5.41, 5.74) is 6.56. The normalized spacial score (nSPS) is 10.1. The summed E-state index contributed by atoms with van der Waals surface area (Å²) in [7, 11) is 0. The van der Waals surface area contributed by atoms with Gasteiger partial charge >= 0.3 is 5.97 Å². The summed E-state index contributed by atoms with van der Waals surface area (Å²) in [4.78, 5) is 23.1. The standard InChI is InChI=1S/C14H11ClN2O3/c15-9-3-6-11(14(19)20)12(7-9)17-13(18)8-1-4-10(16)5-2-8/h1-7H,16H2,(H,17,18)(H,19,20). The van der Waals surface area contributed by atoms with Gasteiger partial charge in [0, 0.05) is 16.3 Å². The van der Waals surface area contributed by atoms with Crippen LogP contribution in [-0.2, 0) is 0 Å². The number of benzene rings is 2. The predicted molar refractivity (Wildman–Crippen MR) is 77.2 cm³/mol. The quantitative estimate of drug-likeness (QED) is 0.758. The van der Waals surface area contributed by atoms with E-state index in [0.717, 1.165) is 0 Å². The average molecular weight is 291 g/mol. The fourth-order valence-electron chi connectivity index (χ4n) is 1.64. The maximum Gasteiger partial charge on any atom is 0.337 e. The van der Waals surface area contributed by atoms with Crippen molar-refractivity contribution in [2.24, 2.45) is 0 Å². The zero-order chi connectivity index (χ0) is 14.7. The number of halogens is 1. The van der Waals surface area contributed by atoms with Crippen LogP contribution in [0.4, 0.5) is 11.4 Å². The van der Waals surface area contributed by atoms with E-state index in [1.54, 1.807) is 24.3 Å². The van der Waals surface area contributed by atoms with E-state index in [0.29, 0.717) is 16.3 Å². The smallest absolute Gasteiger partial charge is 0.337 e. The number of carboxylic acid groups (broad SMARTS) is 1. The summed E-state index contributed by atoms with van der Waals surface area (Å²) < 4.78 is 0. The lowest BCUT2D eigenvalue weighted by molar-refractivity contribution is 0.0698. The van der Waals surface area contributed by atoms with Crippen LogP contribution in [0.25, 0.3) is 0 Å². The van der Waals surface area contributed by atoms with Crippen LogP contribution < -0.4 is 11.1 Å². The first-order valence-electron chi connectivity index (χ1n) is 5.67. The molecule has 0 aliphatic carbocycles. The third kappa shape index (κ3) is 3.07. The maximum absolute atomic E-state index is 12.0. The van der Waals surface area contributed by atoms with Crippen molar-refractivity contribution in [3.8, 4) is 0 Å². The predicted octanol–water partition coefficient (Wildman–Crippen LogP) is 2.87. The molecule has 1 amide bonds. The molecule has 4 N–H and O–H groups in total. The zero-order valence-electron chi connectivity index (χ0n) is 10.3. The number of carbonyl (C=O) groups excluding carboxylic acids is 1. The van der Waals surface area contributed by atoms with Crippen molar-refractivity contribution in [3.05, 3.63) is 58.6 Å². The van der Waals surface area contributed by atoms with Gasteiger partial charge in [-0.2, -0.15) is 0 Å². The molecule has 20 heavy (non-hydrogen) atoms. The molecular formula is C14H11ClN2O3. The molecule has 0 saturated heterocycles. The highest BCUT2D eigenvalue weighted by atomic mass is 35.5. The van der Waals surface area contributed by atoms with Crippen molar-refractivity contribution in [2.75, 3.05) is 11.1 Å². The highest BCUT2D eigenvalue weighted by molar-refractivity contribution is 6.31. The van der Waals surface area contributed by atoms with E-state index in [1.807, 2.05) is 0 Å². The molecule has 0 saturated carbocycles. The summed E-state index contributed by atoms with van der Waals surface area (Å²) in [5.74, 6) is -1.58. The topological polar surface area (TPSA) is 92.4 Å². The Morgan fingerprint density at radius 3 is 2.35 bits per heavy atom. The number of hydrogen-bond acceptors (Lipinski definition) is 3.